The van der Waals surface area contributed by atoms with E-state index in [1.54, 1.807) is 26.5 Å². The van der Waals surface area contributed by atoms with Crippen molar-refractivity contribution in [3.8, 4) is 5.75 Å². The average molecular weight is 638 g/mol. The topological polar surface area (TPSA) is 90.4 Å². The number of unbranched alkanes of at least 4 members (excludes halogenated alkanes) is 1. The van der Waals surface area contributed by atoms with Crippen LogP contribution in [0.5, 0.6) is 5.75 Å². The molecule has 7 rings (SSSR count). The first kappa shape index (κ1) is 30.6. The first-order valence-corrected chi connectivity index (χ1v) is 16.9. The molecule has 3 aromatic rings. The van der Waals surface area contributed by atoms with Crippen LogP contribution in [0.1, 0.15) is 26.7 Å². The normalized spacial score (nSPS) is 28.7. The van der Waals surface area contributed by atoms with Gasteiger partial charge in [-0.2, -0.15) is 0 Å². The molecule has 46 heavy (non-hydrogen) atoms. The number of rotatable bonds is 8. The van der Waals surface area contributed by atoms with Crippen molar-refractivity contribution in [1.82, 2.24) is 4.90 Å². The van der Waals surface area contributed by atoms with Crippen LogP contribution in [0, 0.1) is 11.8 Å². The van der Waals surface area contributed by atoms with E-state index in [0.717, 1.165) is 27.9 Å². The Morgan fingerprint density at radius 2 is 1.52 bits per heavy atom. The molecule has 0 aliphatic carbocycles. The summed E-state index contributed by atoms with van der Waals surface area (Å²) < 4.78 is 3.99. The molecule has 2 fully saturated rings. The minimum atomic E-state index is -0.930. The molecule has 2 saturated heterocycles. The highest BCUT2D eigenvalue weighted by Crippen LogP contribution is 2.65. The highest BCUT2D eigenvalue weighted by Gasteiger charge is 2.74. The van der Waals surface area contributed by atoms with Gasteiger partial charge < -0.3 is 24.5 Å². The molecule has 3 amide bonds. The third kappa shape index (κ3) is 4.83. The number of aliphatic hydroxyl groups excluding tert-OH is 1. The lowest BCUT2D eigenvalue weighted by atomic mass is 9.74. The molecule has 4 aliphatic rings. The number of nitrogens with zero attached hydrogens (tertiary/aromatic N) is 3. The van der Waals surface area contributed by atoms with Gasteiger partial charge in [-0.25, -0.2) is 0 Å². The van der Waals surface area contributed by atoms with Gasteiger partial charge in [0.25, 0.3) is 5.91 Å². The fraction of sp³-hybridized carbons (Fsp3) is 0.378. The SMILES string of the molecule is CCOc1ccc(N2CC=C[C@]3(C)S[C@]45C=CCN(c6ccc7ccccc7c6)C(=O)C4N(CCCCO)C(=O)[C@@H]5[C@@H]3C2=O)cc1. The Morgan fingerprint density at radius 1 is 0.826 bits per heavy atom. The Kier molecular flexibility index (Phi) is 7.93. The molecule has 8 nitrogen and oxygen atoms in total. The van der Waals surface area contributed by atoms with E-state index in [1.165, 1.54) is 0 Å². The van der Waals surface area contributed by atoms with Gasteiger partial charge in [0.2, 0.25) is 11.8 Å². The summed E-state index contributed by atoms with van der Waals surface area (Å²) in [5.74, 6) is -1.10. The number of likely N-dealkylation sites (tertiary alicyclic amines) is 1. The Labute approximate surface area is 273 Å². The van der Waals surface area contributed by atoms with E-state index in [1.807, 2.05) is 92.7 Å². The van der Waals surface area contributed by atoms with Gasteiger partial charge in [-0.05, 0) is 73.9 Å². The molecule has 1 spiro atoms. The van der Waals surface area contributed by atoms with Gasteiger partial charge >= 0.3 is 0 Å². The molecule has 3 aromatic carbocycles. The van der Waals surface area contributed by atoms with Gasteiger partial charge in [0.15, 0.2) is 0 Å². The van der Waals surface area contributed by atoms with Crippen LogP contribution in [0.4, 0.5) is 11.4 Å². The standard InChI is InChI=1S/C37H39N3O5S/c1-3-45-29-16-14-27(15-17-29)38-21-8-18-36(2)30(33(38)42)31-34(43)40(20-6-7-23-41)32-35(44)39(22-9-19-37(31,32)46-36)28-13-12-25-10-4-5-11-26(25)24-28/h4-5,8-19,24,30-32,41H,3,6-7,20-23H2,1-2H3/t30-,31+,32?,36+,37+/m1/s1. The molecule has 0 saturated carbocycles. The van der Waals surface area contributed by atoms with Crippen LogP contribution in [0.2, 0.25) is 0 Å². The predicted octanol–water partition coefficient (Wildman–Crippen LogP) is 5.20. The fourth-order valence-electron chi connectivity index (χ4n) is 7.85. The van der Waals surface area contributed by atoms with Crippen molar-refractivity contribution in [3.63, 3.8) is 0 Å². The van der Waals surface area contributed by atoms with Gasteiger partial charge in [-0.15, -0.1) is 11.8 Å². The van der Waals surface area contributed by atoms with Gasteiger partial charge in [-0.1, -0.05) is 54.6 Å². The fourth-order valence-corrected chi connectivity index (χ4v) is 10.0. The van der Waals surface area contributed by atoms with E-state index in [4.69, 9.17) is 4.74 Å². The predicted molar refractivity (Wildman–Crippen MR) is 182 cm³/mol. The zero-order valence-corrected chi connectivity index (χ0v) is 27.0. The number of ether oxygens (including phenoxy) is 1. The number of hydrogen-bond donors (Lipinski definition) is 1. The van der Waals surface area contributed by atoms with E-state index < -0.39 is 27.4 Å². The Morgan fingerprint density at radius 3 is 2.26 bits per heavy atom. The Hall–Kier alpha value is -4.08. The molecule has 0 bridgehead atoms. The number of aliphatic hydroxyl groups is 1. The number of benzene rings is 3. The lowest BCUT2D eigenvalue weighted by Crippen LogP contribution is -2.53. The summed E-state index contributed by atoms with van der Waals surface area (Å²) in [7, 11) is 0. The van der Waals surface area contributed by atoms with Crippen LogP contribution < -0.4 is 14.5 Å². The molecule has 4 aliphatic heterocycles. The lowest BCUT2D eigenvalue weighted by Gasteiger charge is -2.37. The molecule has 1 unspecified atom stereocenters. The van der Waals surface area contributed by atoms with E-state index >= 15 is 0 Å². The highest BCUT2D eigenvalue weighted by molar-refractivity contribution is 8.02. The van der Waals surface area contributed by atoms with Crippen LogP contribution in [0.3, 0.4) is 0 Å². The molecular weight excluding hydrogens is 598 g/mol. The first-order valence-electron chi connectivity index (χ1n) is 16.1. The highest BCUT2D eigenvalue weighted by atomic mass is 32.2. The minimum Gasteiger partial charge on any atom is -0.494 e. The summed E-state index contributed by atoms with van der Waals surface area (Å²) in [6.07, 6.45) is 9.23. The average Bonchev–Trinajstić information content (AvgIpc) is 3.32. The number of thioether (sulfide) groups is 1. The number of carbonyl (C=O) groups is 3. The van der Waals surface area contributed by atoms with Crippen molar-refractivity contribution in [2.45, 2.75) is 42.2 Å². The van der Waals surface area contributed by atoms with Gasteiger partial charge in [-0.3, -0.25) is 14.4 Å². The van der Waals surface area contributed by atoms with Crippen LogP contribution in [-0.2, 0) is 14.4 Å². The summed E-state index contributed by atoms with van der Waals surface area (Å²) >= 11 is 1.59. The van der Waals surface area contributed by atoms with Crippen molar-refractivity contribution in [1.29, 1.82) is 0 Å². The van der Waals surface area contributed by atoms with E-state index in [-0.39, 0.29) is 24.3 Å². The summed E-state index contributed by atoms with van der Waals surface area (Å²) in [5.41, 5.74) is 1.52. The van der Waals surface area contributed by atoms with Crippen molar-refractivity contribution in [2.75, 3.05) is 42.6 Å². The maximum Gasteiger partial charge on any atom is 0.251 e. The van der Waals surface area contributed by atoms with Gasteiger partial charge in [0.1, 0.15) is 11.8 Å². The number of carbonyl (C=O) groups excluding carboxylic acids is 3. The molecule has 0 radical (unpaired) electrons. The van der Waals surface area contributed by atoms with Crippen LogP contribution in [0.25, 0.3) is 10.8 Å². The molecule has 5 atom stereocenters. The largest absolute Gasteiger partial charge is 0.494 e. The van der Waals surface area contributed by atoms with Gasteiger partial charge in [0, 0.05) is 42.4 Å². The van der Waals surface area contributed by atoms with E-state index in [2.05, 4.69) is 12.2 Å². The third-order valence-electron chi connectivity index (χ3n) is 9.87. The molecule has 1 N–H and O–H groups in total. The molecule has 4 heterocycles. The first-order chi connectivity index (χ1) is 22.3. The maximum atomic E-state index is 14.8. The maximum absolute atomic E-state index is 14.8. The van der Waals surface area contributed by atoms with Crippen LogP contribution >= 0.6 is 11.8 Å². The summed E-state index contributed by atoms with van der Waals surface area (Å²) in [4.78, 5) is 49.4. The van der Waals surface area contributed by atoms with E-state index in [0.29, 0.717) is 39.1 Å². The summed E-state index contributed by atoms with van der Waals surface area (Å²) in [5, 5.41) is 11.7. The molecule has 238 valence electrons. The summed E-state index contributed by atoms with van der Waals surface area (Å²) in [6, 6.07) is 20.8. The van der Waals surface area contributed by atoms with Crippen LogP contribution in [0.15, 0.2) is 91.0 Å². The van der Waals surface area contributed by atoms with Crippen molar-refractivity contribution < 1.29 is 24.2 Å². The van der Waals surface area contributed by atoms with E-state index in [9.17, 15) is 19.5 Å². The zero-order chi connectivity index (χ0) is 32.1. The second-order valence-electron chi connectivity index (χ2n) is 12.6. The lowest BCUT2D eigenvalue weighted by molar-refractivity contribution is -0.139. The monoisotopic (exact) mass is 637 g/mol. The third-order valence-corrected chi connectivity index (χ3v) is 11.7. The van der Waals surface area contributed by atoms with Crippen LogP contribution in [-0.4, -0.2) is 76.1 Å². The molecular formula is C37H39N3O5S. The molecule has 9 heteroatoms. The van der Waals surface area contributed by atoms with Crippen molar-refractivity contribution in [2.24, 2.45) is 11.8 Å². The minimum absolute atomic E-state index is 0.00804. The zero-order valence-electron chi connectivity index (χ0n) is 26.2. The van der Waals surface area contributed by atoms with Crippen molar-refractivity contribution in [3.05, 3.63) is 91.0 Å². The molecule has 0 aromatic heterocycles. The summed E-state index contributed by atoms with van der Waals surface area (Å²) in [6.45, 7) is 5.62. The van der Waals surface area contributed by atoms with Crippen molar-refractivity contribution >= 4 is 51.6 Å². The second kappa shape index (κ2) is 11.9. The smallest absolute Gasteiger partial charge is 0.251 e. The van der Waals surface area contributed by atoms with Gasteiger partial charge in [0.05, 0.1) is 23.2 Å². The number of amides is 3. The second-order valence-corrected chi connectivity index (χ2v) is 14.4. The number of hydrogen-bond acceptors (Lipinski definition) is 6. The number of fused-ring (bicyclic) bond motifs is 3. The Bertz CT molecular complexity index is 1740. The quantitative estimate of drug-likeness (QED) is 0.270. The number of anilines is 2. The Balaban J connectivity index is 1.29.